The first-order valence-electron chi connectivity index (χ1n) is 8.77. The highest BCUT2D eigenvalue weighted by Gasteiger charge is 2.16. The van der Waals surface area contributed by atoms with Crippen LogP contribution in [-0.4, -0.2) is 22.0 Å². The lowest BCUT2D eigenvalue weighted by atomic mass is 10.1. The molecular weight excluding hydrogens is 412 g/mol. The largest absolute Gasteiger partial charge is 0.361 e. The van der Waals surface area contributed by atoms with Gasteiger partial charge < -0.3 is 4.52 Å². The van der Waals surface area contributed by atoms with Crippen LogP contribution in [-0.2, 0) is 17.0 Å². The summed E-state index contributed by atoms with van der Waals surface area (Å²) in [7, 11) is 0. The number of benzene rings is 1. The molecule has 0 bridgehead atoms. The second-order valence-corrected chi connectivity index (χ2v) is 7.65. The summed E-state index contributed by atoms with van der Waals surface area (Å²) in [5, 5.41) is 5.08. The molecule has 150 valence electrons. The molecule has 0 aliphatic rings. The molecule has 29 heavy (non-hydrogen) atoms. The van der Waals surface area contributed by atoms with Gasteiger partial charge in [0.15, 0.2) is 0 Å². The minimum absolute atomic E-state index is 0.123. The molecule has 0 aliphatic carbocycles. The van der Waals surface area contributed by atoms with Gasteiger partial charge in [-0.15, -0.1) is 11.8 Å². The van der Waals surface area contributed by atoms with Crippen molar-refractivity contribution in [1.82, 2.24) is 21.0 Å². The summed E-state index contributed by atoms with van der Waals surface area (Å²) in [5.74, 6) is 0.534. The van der Waals surface area contributed by atoms with Crippen LogP contribution in [0.5, 0.6) is 0 Å². The van der Waals surface area contributed by atoms with Gasteiger partial charge in [0.1, 0.15) is 10.8 Å². The highest BCUT2D eigenvalue weighted by atomic mass is 35.5. The first kappa shape index (κ1) is 20.9. The normalized spacial score (nSPS) is 10.6. The molecule has 2 N–H and O–H groups in total. The second kappa shape index (κ2) is 9.58. The highest BCUT2D eigenvalue weighted by molar-refractivity contribution is 7.98. The van der Waals surface area contributed by atoms with Crippen molar-refractivity contribution in [3.8, 4) is 0 Å². The number of amides is 2. The van der Waals surface area contributed by atoms with Gasteiger partial charge in [0.05, 0.1) is 17.7 Å². The molecule has 0 aliphatic heterocycles. The van der Waals surface area contributed by atoms with E-state index < -0.39 is 5.91 Å². The monoisotopic (exact) mass is 430 g/mol. The molecule has 0 radical (unpaired) electrons. The number of nitrogens with zero attached hydrogens (tertiary/aromatic N) is 2. The third kappa shape index (κ3) is 5.58. The fourth-order valence-corrected chi connectivity index (χ4v) is 3.82. The van der Waals surface area contributed by atoms with Crippen molar-refractivity contribution in [2.75, 3.05) is 0 Å². The Bertz CT molecular complexity index is 1000. The molecule has 1 aromatic carbocycles. The molecule has 0 spiro atoms. The molecule has 0 unspecified atom stereocenters. The number of pyridine rings is 1. The molecule has 3 aromatic rings. The van der Waals surface area contributed by atoms with Crippen LogP contribution in [0.2, 0.25) is 5.02 Å². The number of halogens is 1. The lowest BCUT2D eigenvalue weighted by Crippen LogP contribution is -2.42. The van der Waals surface area contributed by atoms with Gasteiger partial charge in [-0.1, -0.05) is 28.9 Å². The number of hydrogen-bond acceptors (Lipinski definition) is 6. The number of aromatic nitrogens is 2. The number of carbonyl (C=O) groups is 2. The van der Waals surface area contributed by atoms with Crippen LogP contribution < -0.4 is 10.9 Å². The van der Waals surface area contributed by atoms with Gasteiger partial charge >= 0.3 is 0 Å². The van der Waals surface area contributed by atoms with Crippen LogP contribution in [0, 0.1) is 13.8 Å². The summed E-state index contributed by atoms with van der Waals surface area (Å²) < 4.78 is 5.16. The molecule has 0 atom stereocenters. The standard InChI is InChI=1S/C20H19ClN4O3S/c1-12-17(13(2)28-25-12)11-29-20-16(4-3-9-22-20)19(27)24-23-18(26)10-14-5-7-15(21)8-6-14/h3-9H,10-11H2,1-2H3,(H,23,26)(H,24,27). The first-order valence-corrected chi connectivity index (χ1v) is 10.1. The molecule has 3 rings (SSSR count). The molecular formula is C20H19ClN4O3S. The molecule has 9 heteroatoms. The summed E-state index contributed by atoms with van der Waals surface area (Å²) in [6.45, 7) is 3.72. The van der Waals surface area contributed by atoms with Gasteiger partial charge in [0.2, 0.25) is 5.91 Å². The number of carbonyl (C=O) groups excluding carboxylic acids is 2. The quantitative estimate of drug-likeness (QED) is 0.457. The number of thioether (sulfide) groups is 1. The molecule has 2 aromatic heterocycles. The number of hydrazine groups is 1. The first-order chi connectivity index (χ1) is 13.9. The SMILES string of the molecule is Cc1noc(C)c1CSc1ncccc1C(=O)NNC(=O)Cc1ccc(Cl)cc1. The molecule has 0 saturated heterocycles. The van der Waals surface area contributed by atoms with Crippen LogP contribution in [0.4, 0.5) is 0 Å². The summed E-state index contributed by atoms with van der Waals surface area (Å²) in [6.07, 6.45) is 1.74. The van der Waals surface area contributed by atoms with E-state index in [-0.39, 0.29) is 12.3 Å². The van der Waals surface area contributed by atoms with E-state index in [0.717, 1.165) is 22.6 Å². The zero-order chi connectivity index (χ0) is 20.8. The predicted octanol–water partition coefficient (Wildman–Crippen LogP) is 3.64. The Balaban J connectivity index is 1.59. The van der Waals surface area contributed by atoms with Crippen molar-refractivity contribution in [1.29, 1.82) is 0 Å². The Kier molecular flexibility index (Phi) is 6.90. The summed E-state index contributed by atoms with van der Waals surface area (Å²) in [6, 6.07) is 10.3. The van der Waals surface area contributed by atoms with Gasteiger partial charge in [-0.25, -0.2) is 4.98 Å². The van der Waals surface area contributed by atoms with E-state index in [1.165, 1.54) is 11.8 Å². The van der Waals surface area contributed by atoms with Gasteiger partial charge in [-0.05, 0) is 43.7 Å². The van der Waals surface area contributed by atoms with Crippen molar-refractivity contribution in [3.05, 3.63) is 75.8 Å². The van der Waals surface area contributed by atoms with Crippen LogP contribution in [0.25, 0.3) is 0 Å². The number of rotatable bonds is 6. The van der Waals surface area contributed by atoms with E-state index in [2.05, 4.69) is 21.0 Å². The molecule has 0 saturated carbocycles. The van der Waals surface area contributed by atoms with Gasteiger partial charge in [0.25, 0.3) is 5.91 Å². The second-order valence-electron chi connectivity index (χ2n) is 6.25. The van der Waals surface area contributed by atoms with Crippen LogP contribution >= 0.6 is 23.4 Å². The van der Waals surface area contributed by atoms with Crippen molar-refractivity contribution < 1.29 is 14.1 Å². The Morgan fingerprint density at radius 2 is 1.90 bits per heavy atom. The Morgan fingerprint density at radius 3 is 2.59 bits per heavy atom. The molecule has 2 amide bonds. The molecule has 0 fully saturated rings. The van der Waals surface area contributed by atoms with E-state index >= 15 is 0 Å². The average molecular weight is 431 g/mol. The van der Waals surface area contributed by atoms with Gasteiger partial charge in [-0.2, -0.15) is 0 Å². The lowest BCUT2D eigenvalue weighted by molar-refractivity contribution is -0.121. The predicted molar refractivity (Wildman–Crippen MR) is 111 cm³/mol. The third-order valence-corrected chi connectivity index (χ3v) is 5.43. The van der Waals surface area contributed by atoms with E-state index in [0.29, 0.717) is 21.4 Å². The number of aryl methyl sites for hydroxylation is 2. The third-order valence-electron chi connectivity index (χ3n) is 4.14. The van der Waals surface area contributed by atoms with Crippen molar-refractivity contribution in [2.45, 2.75) is 31.0 Å². The number of nitrogens with one attached hydrogen (secondary N) is 2. The van der Waals surface area contributed by atoms with E-state index in [1.807, 2.05) is 13.8 Å². The van der Waals surface area contributed by atoms with Gasteiger partial charge in [0, 0.05) is 22.5 Å². The van der Waals surface area contributed by atoms with Crippen molar-refractivity contribution in [2.24, 2.45) is 0 Å². The number of hydrogen-bond donors (Lipinski definition) is 2. The zero-order valence-electron chi connectivity index (χ0n) is 15.9. The van der Waals surface area contributed by atoms with E-state index in [4.69, 9.17) is 16.1 Å². The average Bonchev–Trinajstić information content (AvgIpc) is 3.04. The summed E-state index contributed by atoms with van der Waals surface area (Å²) in [4.78, 5) is 28.9. The summed E-state index contributed by atoms with van der Waals surface area (Å²) >= 11 is 7.24. The fraction of sp³-hybridized carbons (Fsp3) is 0.200. The van der Waals surface area contributed by atoms with Crippen LogP contribution in [0.15, 0.2) is 52.1 Å². The zero-order valence-corrected chi connectivity index (χ0v) is 17.4. The minimum Gasteiger partial charge on any atom is -0.361 e. The highest BCUT2D eigenvalue weighted by Crippen LogP contribution is 2.27. The van der Waals surface area contributed by atoms with Crippen LogP contribution in [0.3, 0.4) is 0 Å². The van der Waals surface area contributed by atoms with E-state index in [9.17, 15) is 9.59 Å². The van der Waals surface area contributed by atoms with Crippen molar-refractivity contribution in [3.63, 3.8) is 0 Å². The van der Waals surface area contributed by atoms with Crippen molar-refractivity contribution >= 4 is 35.2 Å². The Hall–Kier alpha value is -2.84. The minimum atomic E-state index is -0.441. The summed E-state index contributed by atoms with van der Waals surface area (Å²) in [5.41, 5.74) is 7.81. The fourth-order valence-electron chi connectivity index (χ4n) is 2.55. The van der Waals surface area contributed by atoms with E-state index in [1.54, 1.807) is 42.6 Å². The Labute approximate surface area is 177 Å². The maximum absolute atomic E-state index is 12.5. The lowest BCUT2D eigenvalue weighted by Gasteiger charge is -2.10. The maximum Gasteiger partial charge on any atom is 0.272 e. The van der Waals surface area contributed by atoms with Gasteiger partial charge in [-0.3, -0.25) is 20.4 Å². The smallest absolute Gasteiger partial charge is 0.272 e. The molecule has 7 nitrogen and oxygen atoms in total. The molecule has 2 heterocycles. The Morgan fingerprint density at radius 1 is 1.14 bits per heavy atom. The maximum atomic E-state index is 12.5. The topological polar surface area (TPSA) is 97.1 Å². The van der Waals surface area contributed by atoms with Crippen LogP contribution in [0.1, 0.15) is 32.9 Å².